The van der Waals surface area contributed by atoms with E-state index >= 15 is 0 Å². The molecular weight excluding hydrogens is 256 g/mol. The minimum atomic E-state index is 0.00523. The first-order chi connectivity index (χ1) is 10.3. The molecule has 2 heterocycles. The minimum absolute atomic E-state index is 0.00523. The minimum Gasteiger partial charge on any atom is -0.330 e. The Bertz CT molecular complexity index is 666. The maximum atomic E-state index is 5.77. The zero-order chi connectivity index (χ0) is 14.4. The van der Waals surface area contributed by atoms with Crippen LogP contribution in [0.5, 0.6) is 0 Å². The lowest BCUT2D eigenvalue weighted by molar-refractivity contribution is 0.0948. The van der Waals surface area contributed by atoms with Gasteiger partial charge in [-0.25, -0.2) is 0 Å². The van der Waals surface area contributed by atoms with E-state index in [2.05, 4.69) is 60.4 Å². The predicted molar refractivity (Wildman–Crippen MR) is 86.2 cm³/mol. The molecule has 0 fully saturated rings. The summed E-state index contributed by atoms with van der Waals surface area (Å²) in [6.07, 6.45) is 2.18. The van der Waals surface area contributed by atoms with Crippen LogP contribution >= 0.6 is 0 Å². The van der Waals surface area contributed by atoms with Gasteiger partial charge in [0.05, 0.1) is 5.54 Å². The molecule has 2 aromatic rings. The van der Waals surface area contributed by atoms with Crippen LogP contribution in [-0.2, 0) is 12.0 Å². The maximum absolute atomic E-state index is 5.77. The first kappa shape index (κ1) is 13.1. The molecule has 2 atom stereocenters. The molecular formula is C19H22N2. The third kappa shape index (κ3) is 1.66. The normalized spacial score (nSPS) is 26.5. The summed E-state index contributed by atoms with van der Waals surface area (Å²) in [5, 5.41) is 0. The maximum Gasteiger partial charge on any atom is 0.0698 e. The fourth-order valence-electron chi connectivity index (χ4n) is 4.41. The number of nitrogens with two attached hydrogens (primary N) is 1. The summed E-state index contributed by atoms with van der Waals surface area (Å²) in [7, 11) is 0. The van der Waals surface area contributed by atoms with Gasteiger partial charge in [-0.2, -0.15) is 0 Å². The Labute approximate surface area is 126 Å². The van der Waals surface area contributed by atoms with E-state index in [1.165, 1.54) is 22.3 Å². The van der Waals surface area contributed by atoms with E-state index in [0.29, 0.717) is 6.04 Å². The van der Waals surface area contributed by atoms with Crippen LogP contribution in [0.2, 0.25) is 0 Å². The summed E-state index contributed by atoms with van der Waals surface area (Å²) in [6.45, 7) is 4.22. The van der Waals surface area contributed by atoms with Crippen molar-refractivity contribution in [3.63, 3.8) is 0 Å². The van der Waals surface area contributed by atoms with Crippen LogP contribution in [-0.4, -0.2) is 18.0 Å². The van der Waals surface area contributed by atoms with Crippen LogP contribution < -0.4 is 5.73 Å². The van der Waals surface area contributed by atoms with Gasteiger partial charge in [0.1, 0.15) is 0 Å². The Morgan fingerprint density at radius 3 is 2.62 bits per heavy atom. The summed E-state index contributed by atoms with van der Waals surface area (Å²) in [4.78, 5) is 2.67. The molecule has 2 N–H and O–H groups in total. The van der Waals surface area contributed by atoms with E-state index in [1.54, 1.807) is 0 Å². The van der Waals surface area contributed by atoms with Crippen molar-refractivity contribution in [3.05, 3.63) is 70.8 Å². The van der Waals surface area contributed by atoms with Crippen LogP contribution in [0.4, 0.5) is 0 Å². The van der Waals surface area contributed by atoms with E-state index in [4.69, 9.17) is 5.73 Å². The third-order valence-corrected chi connectivity index (χ3v) is 5.35. The average molecular weight is 278 g/mol. The van der Waals surface area contributed by atoms with Gasteiger partial charge in [-0.3, -0.25) is 4.90 Å². The van der Waals surface area contributed by atoms with Gasteiger partial charge in [0.25, 0.3) is 0 Å². The summed E-state index contributed by atoms with van der Waals surface area (Å²) in [5.74, 6) is 0. The highest BCUT2D eigenvalue weighted by molar-refractivity contribution is 5.54. The van der Waals surface area contributed by atoms with Crippen molar-refractivity contribution in [3.8, 4) is 0 Å². The topological polar surface area (TPSA) is 29.3 Å². The molecule has 0 radical (unpaired) electrons. The Kier molecular flexibility index (Phi) is 2.91. The van der Waals surface area contributed by atoms with Crippen molar-refractivity contribution >= 4 is 0 Å². The number of benzene rings is 2. The molecule has 2 heteroatoms. The van der Waals surface area contributed by atoms with Crippen LogP contribution in [0, 0.1) is 0 Å². The van der Waals surface area contributed by atoms with Crippen molar-refractivity contribution < 1.29 is 0 Å². The number of rotatable bonds is 3. The molecule has 2 aromatic carbocycles. The Balaban J connectivity index is 1.93. The van der Waals surface area contributed by atoms with E-state index in [9.17, 15) is 0 Å². The number of hydrogen-bond acceptors (Lipinski definition) is 2. The van der Waals surface area contributed by atoms with Crippen molar-refractivity contribution in [1.82, 2.24) is 4.90 Å². The highest BCUT2D eigenvalue weighted by Crippen LogP contribution is 2.55. The molecule has 2 aliphatic rings. The second-order valence-corrected chi connectivity index (χ2v) is 6.37. The molecule has 0 aliphatic carbocycles. The van der Waals surface area contributed by atoms with Gasteiger partial charge in [0, 0.05) is 12.6 Å². The van der Waals surface area contributed by atoms with Crippen molar-refractivity contribution in [2.45, 2.75) is 31.3 Å². The molecule has 4 rings (SSSR count). The first-order valence-electron chi connectivity index (χ1n) is 7.91. The molecule has 108 valence electrons. The van der Waals surface area contributed by atoms with E-state index in [1.807, 2.05) is 0 Å². The SMILES string of the molecule is C[C@]12c3ccccc3C[C@H](c3ccccc31)N2CCCN. The molecule has 2 aliphatic heterocycles. The summed E-state index contributed by atoms with van der Waals surface area (Å²) in [6, 6.07) is 18.4. The second-order valence-electron chi connectivity index (χ2n) is 6.37. The van der Waals surface area contributed by atoms with Crippen LogP contribution in [0.3, 0.4) is 0 Å². The van der Waals surface area contributed by atoms with Gasteiger partial charge in [-0.15, -0.1) is 0 Å². The lowest BCUT2D eigenvalue weighted by atomic mass is 9.80. The standard InChI is InChI=1S/C19H22N2/c1-19-16-9-4-2-7-14(16)13-18(21(19)12-6-11-20)15-8-3-5-10-17(15)19/h2-5,7-10,18H,6,11-13,20H2,1H3/t18-,19+/m1/s1. The van der Waals surface area contributed by atoms with Crippen LogP contribution in [0.15, 0.2) is 48.5 Å². The third-order valence-electron chi connectivity index (χ3n) is 5.35. The molecule has 0 unspecified atom stereocenters. The van der Waals surface area contributed by atoms with Gasteiger partial charge < -0.3 is 5.73 Å². The number of nitrogens with zero attached hydrogens (tertiary/aromatic N) is 1. The number of fused-ring (bicyclic) bond motifs is 7. The van der Waals surface area contributed by atoms with E-state index in [0.717, 1.165) is 25.9 Å². The molecule has 0 spiro atoms. The van der Waals surface area contributed by atoms with Gasteiger partial charge in [-0.05, 0) is 48.6 Å². The van der Waals surface area contributed by atoms with Gasteiger partial charge >= 0.3 is 0 Å². The smallest absolute Gasteiger partial charge is 0.0698 e. The predicted octanol–water partition coefficient (Wildman–Crippen LogP) is 3.21. The molecule has 2 nitrogen and oxygen atoms in total. The quantitative estimate of drug-likeness (QED) is 0.934. The molecule has 0 saturated heterocycles. The fourth-order valence-corrected chi connectivity index (χ4v) is 4.41. The Morgan fingerprint density at radius 1 is 1.10 bits per heavy atom. The van der Waals surface area contributed by atoms with Crippen LogP contribution in [0.1, 0.15) is 41.6 Å². The second kappa shape index (κ2) is 4.69. The summed E-state index contributed by atoms with van der Waals surface area (Å²) >= 11 is 0. The van der Waals surface area contributed by atoms with Gasteiger partial charge in [0.15, 0.2) is 0 Å². The van der Waals surface area contributed by atoms with Gasteiger partial charge in [-0.1, -0.05) is 48.5 Å². The van der Waals surface area contributed by atoms with E-state index in [-0.39, 0.29) is 5.54 Å². The zero-order valence-electron chi connectivity index (χ0n) is 12.5. The molecule has 21 heavy (non-hydrogen) atoms. The Morgan fingerprint density at radius 2 is 1.81 bits per heavy atom. The summed E-state index contributed by atoms with van der Waals surface area (Å²) in [5.41, 5.74) is 11.7. The van der Waals surface area contributed by atoms with Gasteiger partial charge in [0.2, 0.25) is 0 Å². The average Bonchev–Trinajstić information content (AvgIpc) is 2.69. The number of hydrogen-bond donors (Lipinski definition) is 1. The van der Waals surface area contributed by atoms with Crippen molar-refractivity contribution in [1.29, 1.82) is 0 Å². The molecule has 0 saturated carbocycles. The molecule has 0 aromatic heterocycles. The van der Waals surface area contributed by atoms with Crippen molar-refractivity contribution in [2.75, 3.05) is 13.1 Å². The zero-order valence-corrected chi connectivity index (χ0v) is 12.5. The molecule has 2 bridgehead atoms. The monoisotopic (exact) mass is 278 g/mol. The highest BCUT2D eigenvalue weighted by Gasteiger charge is 2.51. The first-order valence-corrected chi connectivity index (χ1v) is 7.91. The molecule has 0 amide bonds. The highest BCUT2D eigenvalue weighted by atomic mass is 15.3. The lowest BCUT2D eigenvalue weighted by Crippen LogP contribution is -2.46. The fraction of sp³-hybridized carbons (Fsp3) is 0.368. The van der Waals surface area contributed by atoms with E-state index < -0.39 is 0 Å². The van der Waals surface area contributed by atoms with Crippen LogP contribution in [0.25, 0.3) is 0 Å². The Hall–Kier alpha value is -1.64. The lowest BCUT2D eigenvalue weighted by Gasteiger charge is -2.44. The summed E-state index contributed by atoms with van der Waals surface area (Å²) < 4.78 is 0. The largest absolute Gasteiger partial charge is 0.330 e. The van der Waals surface area contributed by atoms with Crippen molar-refractivity contribution in [2.24, 2.45) is 5.73 Å².